The third-order valence-electron chi connectivity index (χ3n) is 4.09. The van der Waals surface area contributed by atoms with Crippen LogP contribution in [0.1, 0.15) is 46.5 Å². The molecule has 0 amide bonds. The molecule has 0 aliphatic heterocycles. The van der Waals surface area contributed by atoms with E-state index in [0.29, 0.717) is 26.0 Å². The molecule has 0 heterocycles. The number of aliphatic hydroxyl groups is 1. The Hall–Kier alpha value is -0.260. The largest absolute Gasteiger partial charge is 0.466 e. The highest BCUT2D eigenvalue weighted by molar-refractivity contribution is 7.99. The Morgan fingerprint density at radius 1 is 1.45 bits per heavy atom. The Bertz CT molecular complexity index is 312. The summed E-state index contributed by atoms with van der Waals surface area (Å²) in [6.45, 7) is 8.11. The lowest BCUT2D eigenvalue weighted by Gasteiger charge is -2.36. The Morgan fingerprint density at radius 3 is 2.55 bits per heavy atom. The van der Waals surface area contributed by atoms with Crippen LogP contribution in [-0.2, 0) is 9.53 Å². The van der Waals surface area contributed by atoms with Gasteiger partial charge in [0.1, 0.15) is 0 Å². The minimum absolute atomic E-state index is 0.0298. The van der Waals surface area contributed by atoms with Gasteiger partial charge in [-0.2, -0.15) is 11.8 Å². The zero-order valence-corrected chi connectivity index (χ0v) is 14.0. The molecular weight excluding hydrogens is 274 g/mol. The van der Waals surface area contributed by atoms with Crippen molar-refractivity contribution < 1.29 is 14.6 Å². The van der Waals surface area contributed by atoms with Crippen LogP contribution in [0.4, 0.5) is 0 Å². The molecule has 0 radical (unpaired) electrons. The lowest BCUT2D eigenvalue weighted by molar-refractivity contribution is -0.151. The summed E-state index contributed by atoms with van der Waals surface area (Å²) in [7, 11) is 0. The summed E-state index contributed by atoms with van der Waals surface area (Å²) < 4.78 is 5.23. The second kappa shape index (κ2) is 7.66. The van der Waals surface area contributed by atoms with E-state index in [2.05, 4.69) is 25.4 Å². The average Bonchev–Trinajstić information content (AvgIpc) is 2.39. The third-order valence-corrected chi connectivity index (χ3v) is 5.34. The molecule has 0 bridgehead atoms. The van der Waals surface area contributed by atoms with E-state index in [-0.39, 0.29) is 16.6 Å². The molecule has 1 aliphatic carbocycles. The van der Waals surface area contributed by atoms with E-state index in [1.165, 1.54) is 0 Å². The van der Waals surface area contributed by atoms with Crippen LogP contribution in [0.25, 0.3) is 0 Å². The van der Waals surface area contributed by atoms with E-state index in [1.54, 1.807) is 0 Å². The molecule has 0 unspecified atom stereocenters. The zero-order valence-electron chi connectivity index (χ0n) is 13.2. The van der Waals surface area contributed by atoms with Crippen LogP contribution in [0, 0.1) is 5.92 Å². The molecule has 1 saturated carbocycles. The quantitative estimate of drug-likeness (QED) is 0.706. The van der Waals surface area contributed by atoms with Crippen molar-refractivity contribution in [2.24, 2.45) is 5.92 Å². The number of thioether (sulfide) groups is 1. The van der Waals surface area contributed by atoms with Gasteiger partial charge in [0.25, 0.3) is 0 Å². The van der Waals surface area contributed by atoms with Crippen molar-refractivity contribution in [2.45, 2.75) is 56.8 Å². The molecule has 20 heavy (non-hydrogen) atoms. The molecule has 5 heteroatoms. The number of nitrogens with one attached hydrogen (secondary N) is 1. The van der Waals surface area contributed by atoms with Gasteiger partial charge in [-0.25, -0.2) is 0 Å². The van der Waals surface area contributed by atoms with E-state index in [1.807, 2.05) is 18.7 Å². The fraction of sp³-hybridized carbons (Fsp3) is 0.933. The molecule has 1 aliphatic rings. The predicted molar refractivity (Wildman–Crippen MR) is 84.0 cm³/mol. The molecular formula is C15H29NO3S. The first-order valence-electron chi connectivity index (χ1n) is 7.47. The summed E-state index contributed by atoms with van der Waals surface area (Å²) in [5.74, 6) is -0.135. The van der Waals surface area contributed by atoms with Gasteiger partial charge in [-0.1, -0.05) is 0 Å². The van der Waals surface area contributed by atoms with Gasteiger partial charge in [-0.3, -0.25) is 4.79 Å². The standard InChI is InChI=1S/C15H29NO3S/c1-5-19-13(17)12-6-8-15(18,9-7-12)11-16-10-14(2,3)20-4/h12,16,18H,5-11H2,1-4H3. The van der Waals surface area contributed by atoms with E-state index in [4.69, 9.17) is 4.74 Å². The topological polar surface area (TPSA) is 58.6 Å². The lowest BCUT2D eigenvalue weighted by Crippen LogP contribution is -2.47. The normalized spacial score (nSPS) is 27.4. The van der Waals surface area contributed by atoms with Crippen molar-refractivity contribution in [1.82, 2.24) is 5.32 Å². The highest BCUT2D eigenvalue weighted by Crippen LogP contribution is 2.32. The molecule has 0 atom stereocenters. The third kappa shape index (κ3) is 5.62. The smallest absolute Gasteiger partial charge is 0.308 e. The highest BCUT2D eigenvalue weighted by Gasteiger charge is 2.36. The Balaban J connectivity index is 2.33. The van der Waals surface area contributed by atoms with Crippen molar-refractivity contribution in [3.05, 3.63) is 0 Å². The molecule has 1 fully saturated rings. The minimum Gasteiger partial charge on any atom is -0.466 e. The van der Waals surface area contributed by atoms with Crippen LogP contribution in [0.15, 0.2) is 0 Å². The molecule has 0 saturated heterocycles. The first-order valence-corrected chi connectivity index (χ1v) is 8.69. The SMILES string of the molecule is CCOC(=O)C1CCC(O)(CNCC(C)(C)SC)CC1. The van der Waals surface area contributed by atoms with Gasteiger partial charge in [0, 0.05) is 17.8 Å². The predicted octanol–water partition coefficient (Wildman–Crippen LogP) is 2.20. The fourth-order valence-electron chi connectivity index (χ4n) is 2.50. The van der Waals surface area contributed by atoms with Gasteiger partial charge in [0.2, 0.25) is 0 Å². The number of hydrogen-bond donors (Lipinski definition) is 2. The van der Waals surface area contributed by atoms with Crippen molar-refractivity contribution in [1.29, 1.82) is 0 Å². The van der Waals surface area contributed by atoms with Gasteiger partial charge in [0.15, 0.2) is 0 Å². The first-order chi connectivity index (χ1) is 9.32. The summed E-state index contributed by atoms with van der Waals surface area (Å²) in [6.07, 6.45) is 4.89. The molecule has 0 spiro atoms. The fourth-order valence-corrected chi connectivity index (χ4v) is 2.74. The summed E-state index contributed by atoms with van der Waals surface area (Å²) in [5, 5.41) is 13.9. The molecule has 4 nitrogen and oxygen atoms in total. The number of carbonyl (C=O) groups is 1. The van der Waals surface area contributed by atoms with Crippen molar-refractivity contribution in [2.75, 3.05) is 26.0 Å². The van der Waals surface area contributed by atoms with Crippen LogP contribution in [0.2, 0.25) is 0 Å². The second-order valence-electron chi connectivity index (χ2n) is 6.32. The summed E-state index contributed by atoms with van der Waals surface area (Å²) in [6, 6.07) is 0. The first kappa shape index (κ1) is 17.8. The van der Waals surface area contributed by atoms with Crippen molar-refractivity contribution >= 4 is 17.7 Å². The Kier molecular flexibility index (Phi) is 6.82. The zero-order chi connectivity index (χ0) is 15.2. The summed E-state index contributed by atoms with van der Waals surface area (Å²) >= 11 is 1.82. The van der Waals surface area contributed by atoms with Gasteiger partial charge >= 0.3 is 5.97 Å². The maximum atomic E-state index is 11.7. The Labute approximate surface area is 127 Å². The van der Waals surface area contributed by atoms with Gasteiger partial charge in [-0.05, 0) is 52.7 Å². The maximum Gasteiger partial charge on any atom is 0.308 e. The van der Waals surface area contributed by atoms with Crippen LogP contribution < -0.4 is 5.32 Å². The number of carbonyl (C=O) groups excluding carboxylic acids is 1. The monoisotopic (exact) mass is 303 g/mol. The van der Waals surface area contributed by atoms with Crippen molar-refractivity contribution in [3.8, 4) is 0 Å². The molecule has 0 aromatic rings. The molecule has 2 N–H and O–H groups in total. The van der Waals surface area contributed by atoms with Gasteiger partial charge in [0.05, 0.1) is 18.1 Å². The molecule has 118 valence electrons. The minimum atomic E-state index is -0.669. The molecule has 0 aromatic carbocycles. The Morgan fingerprint density at radius 2 is 2.05 bits per heavy atom. The van der Waals surface area contributed by atoms with Crippen LogP contribution in [0.5, 0.6) is 0 Å². The summed E-state index contributed by atoms with van der Waals surface area (Å²) in [5.41, 5.74) is -0.669. The van der Waals surface area contributed by atoms with Crippen LogP contribution in [-0.4, -0.2) is 47.4 Å². The number of ether oxygens (including phenoxy) is 1. The lowest BCUT2D eigenvalue weighted by atomic mass is 9.78. The van der Waals surface area contributed by atoms with Crippen LogP contribution in [0.3, 0.4) is 0 Å². The number of rotatable bonds is 7. The molecule has 0 aromatic heterocycles. The van der Waals surface area contributed by atoms with Crippen molar-refractivity contribution in [3.63, 3.8) is 0 Å². The van der Waals surface area contributed by atoms with E-state index < -0.39 is 5.60 Å². The van der Waals surface area contributed by atoms with E-state index >= 15 is 0 Å². The van der Waals surface area contributed by atoms with Crippen LogP contribution >= 0.6 is 11.8 Å². The number of esters is 1. The highest BCUT2D eigenvalue weighted by atomic mass is 32.2. The maximum absolute atomic E-state index is 11.7. The second-order valence-corrected chi connectivity index (χ2v) is 7.83. The van der Waals surface area contributed by atoms with E-state index in [0.717, 1.165) is 19.4 Å². The average molecular weight is 303 g/mol. The van der Waals surface area contributed by atoms with E-state index in [9.17, 15) is 9.90 Å². The van der Waals surface area contributed by atoms with Gasteiger partial charge < -0.3 is 15.2 Å². The summed E-state index contributed by atoms with van der Waals surface area (Å²) in [4.78, 5) is 11.7. The van der Waals surface area contributed by atoms with Gasteiger partial charge in [-0.15, -0.1) is 0 Å². The number of hydrogen-bond acceptors (Lipinski definition) is 5. The molecule has 1 rings (SSSR count).